The van der Waals surface area contributed by atoms with Crippen LogP contribution in [0.2, 0.25) is 0 Å². The van der Waals surface area contributed by atoms with E-state index in [4.69, 9.17) is 5.26 Å². The number of nitro benzene ring substituents is 1. The van der Waals surface area contributed by atoms with E-state index in [1.807, 2.05) is 0 Å². The molecule has 0 aliphatic carbocycles. The van der Waals surface area contributed by atoms with E-state index in [1.54, 1.807) is 6.07 Å². The molecule has 0 aromatic heterocycles. The summed E-state index contributed by atoms with van der Waals surface area (Å²) < 4.78 is 38.5. The van der Waals surface area contributed by atoms with E-state index in [0.717, 1.165) is 36.4 Å². The first kappa shape index (κ1) is 20.1. The zero-order chi connectivity index (χ0) is 20.2. The number of non-ortho nitro benzene ring substituents is 1. The van der Waals surface area contributed by atoms with Crippen LogP contribution in [-0.4, -0.2) is 10.8 Å². The molecule has 27 heavy (non-hydrogen) atoms. The second-order valence-corrected chi connectivity index (χ2v) is 6.02. The smallest absolute Gasteiger partial charge is 0.320 e. The third-order valence-electron chi connectivity index (χ3n) is 3.30. The molecule has 2 aromatic carbocycles. The van der Waals surface area contributed by atoms with Crippen LogP contribution < -0.4 is 5.32 Å². The number of nitrogens with one attached hydrogen (secondary N) is 1. The fraction of sp³-hybridized carbons (Fsp3) is 0.0588. The Morgan fingerprint density at radius 1 is 1.26 bits per heavy atom. The van der Waals surface area contributed by atoms with Crippen LogP contribution in [0.4, 0.5) is 24.5 Å². The quantitative estimate of drug-likeness (QED) is 0.316. The minimum atomic E-state index is -4.55. The van der Waals surface area contributed by atoms with Gasteiger partial charge in [-0.2, -0.15) is 18.4 Å². The Balaban J connectivity index is 2.28. The number of carbonyl (C=O) groups excluding carboxylic acids is 1. The van der Waals surface area contributed by atoms with E-state index in [2.05, 4.69) is 21.2 Å². The van der Waals surface area contributed by atoms with Crippen molar-refractivity contribution in [3.63, 3.8) is 0 Å². The van der Waals surface area contributed by atoms with Gasteiger partial charge in [-0.25, -0.2) is 0 Å². The molecule has 6 nitrogen and oxygen atoms in total. The van der Waals surface area contributed by atoms with E-state index >= 15 is 0 Å². The molecule has 0 heterocycles. The van der Waals surface area contributed by atoms with Gasteiger partial charge >= 0.3 is 6.18 Å². The summed E-state index contributed by atoms with van der Waals surface area (Å²) in [6, 6.07) is 9.37. The summed E-state index contributed by atoms with van der Waals surface area (Å²) in [7, 11) is 0. The molecule has 0 fully saturated rings. The van der Waals surface area contributed by atoms with Crippen molar-refractivity contribution in [1.82, 2.24) is 0 Å². The van der Waals surface area contributed by atoms with Gasteiger partial charge in [0.15, 0.2) is 0 Å². The minimum absolute atomic E-state index is 0.0271. The van der Waals surface area contributed by atoms with Crippen LogP contribution in [0, 0.1) is 21.4 Å². The number of benzene rings is 2. The number of nitriles is 1. The molecule has 0 aliphatic rings. The first-order valence-electron chi connectivity index (χ1n) is 7.16. The Labute approximate surface area is 159 Å². The summed E-state index contributed by atoms with van der Waals surface area (Å²) in [6.07, 6.45) is -3.54. The molecule has 0 radical (unpaired) electrons. The Morgan fingerprint density at radius 2 is 1.96 bits per heavy atom. The zero-order valence-electron chi connectivity index (χ0n) is 13.2. The lowest BCUT2D eigenvalue weighted by Gasteiger charge is -2.08. The largest absolute Gasteiger partial charge is 0.416 e. The van der Waals surface area contributed by atoms with Crippen molar-refractivity contribution >= 4 is 39.3 Å². The highest BCUT2D eigenvalue weighted by Crippen LogP contribution is 2.30. The third-order valence-corrected chi connectivity index (χ3v) is 3.96. The van der Waals surface area contributed by atoms with E-state index in [9.17, 15) is 28.1 Å². The molecule has 2 aromatic rings. The molecule has 0 saturated carbocycles. The maximum Gasteiger partial charge on any atom is 0.416 e. The monoisotopic (exact) mass is 439 g/mol. The van der Waals surface area contributed by atoms with Gasteiger partial charge in [-0.05, 0) is 45.8 Å². The van der Waals surface area contributed by atoms with Crippen molar-refractivity contribution in [3.8, 4) is 6.07 Å². The molecular weight excluding hydrogens is 431 g/mol. The number of amides is 1. The first-order valence-corrected chi connectivity index (χ1v) is 7.95. The van der Waals surface area contributed by atoms with Crippen LogP contribution in [-0.2, 0) is 11.0 Å². The third kappa shape index (κ3) is 5.15. The van der Waals surface area contributed by atoms with Crippen LogP contribution in [0.1, 0.15) is 11.1 Å². The predicted molar refractivity (Wildman–Crippen MR) is 94.5 cm³/mol. The average molecular weight is 440 g/mol. The Kier molecular flexibility index (Phi) is 5.97. The van der Waals surface area contributed by atoms with Gasteiger partial charge in [0.25, 0.3) is 11.6 Å². The van der Waals surface area contributed by atoms with Gasteiger partial charge < -0.3 is 5.32 Å². The van der Waals surface area contributed by atoms with E-state index < -0.39 is 28.1 Å². The SMILES string of the molecule is N#C/C(=C/c1cccc(C(F)(F)F)c1)C(=O)Nc1ccc([N+](=O)[O-])cc1Br. The topological polar surface area (TPSA) is 96.0 Å². The fourth-order valence-corrected chi connectivity index (χ4v) is 2.49. The summed E-state index contributed by atoms with van der Waals surface area (Å²) in [5, 5.41) is 22.2. The predicted octanol–water partition coefficient (Wildman–Crippen LogP) is 4.92. The van der Waals surface area contributed by atoms with Crippen molar-refractivity contribution in [3.05, 3.63) is 73.8 Å². The van der Waals surface area contributed by atoms with E-state index in [0.29, 0.717) is 0 Å². The highest BCUT2D eigenvalue weighted by atomic mass is 79.9. The van der Waals surface area contributed by atoms with E-state index in [-0.39, 0.29) is 21.4 Å². The van der Waals surface area contributed by atoms with Crippen LogP contribution in [0.15, 0.2) is 52.5 Å². The molecule has 0 aliphatic heterocycles. The Hall–Kier alpha value is -3.19. The number of alkyl halides is 3. The molecule has 0 atom stereocenters. The minimum Gasteiger partial charge on any atom is -0.320 e. The lowest BCUT2D eigenvalue weighted by Crippen LogP contribution is -2.14. The molecule has 0 unspecified atom stereocenters. The summed E-state index contributed by atoms with van der Waals surface area (Å²) >= 11 is 3.07. The number of carbonyl (C=O) groups is 1. The van der Waals surface area contributed by atoms with Gasteiger partial charge in [0, 0.05) is 16.6 Å². The summed E-state index contributed by atoms with van der Waals surface area (Å²) in [5.74, 6) is -0.871. The highest BCUT2D eigenvalue weighted by Gasteiger charge is 2.30. The molecule has 1 amide bonds. The second kappa shape index (κ2) is 8.01. The highest BCUT2D eigenvalue weighted by molar-refractivity contribution is 9.10. The summed E-state index contributed by atoms with van der Waals surface area (Å²) in [5.41, 5.74) is -1.36. The maximum absolute atomic E-state index is 12.7. The van der Waals surface area contributed by atoms with Crippen molar-refractivity contribution in [2.45, 2.75) is 6.18 Å². The normalized spacial score (nSPS) is 11.6. The van der Waals surface area contributed by atoms with Gasteiger partial charge in [-0.1, -0.05) is 12.1 Å². The molecule has 0 spiro atoms. The number of halogens is 4. The van der Waals surface area contributed by atoms with Crippen LogP contribution >= 0.6 is 15.9 Å². The molecule has 2 rings (SSSR count). The summed E-state index contributed by atoms with van der Waals surface area (Å²) in [4.78, 5) is 22.3. The standard InChI is InChI=1S/C17H9BrF3N3O3/c18-14-8-13(24(26)27)4-5-15(14)23-16(25)11(9-22)6-10-2-1-3-12(7-10)17(19,20)21/h1-8H,(H,23,25)/b11-6-. The first-order chi connectivity index (χ1) is 12.6. The maximum atomic E-state index is 12.7. The zero-order valence-corrected chi connectivity index (χ0v) is 14.8. The second-order valence-electron chi connectivity index (χ2n) is 5.17. The van der Waals surface area contributed by atoms with Gasteiger partial charge in [-0.3, -0.25) is 14.9 Å². The van der Waals surface area contributed by atoms with Gasteiger partial charge in [0.05, 0.1) is 16.2 Å². The van der Waals surface area contributed by atoms with E-state index in [1.165, 1.54) is 12.1 Å². The van der Waals surface area contributed by atoms with Gasteiger partial charge in [-0.15, -0.1) is 0 Å². The lowest BCUT2D eigenvalue weighted by molar-refractivity contribution is -0.384. The number of nitrogens with zero attached hydrogens (tertiary/aromatic N) is 2. The van der Waals surface area contributed by atoms with Gasteiger partial charge in [0.1, 0.15) is 11.6 Å². The molecule has 0 saturated heterocycles. The molecule has 1 N–H and O–H groups in total. The van der Waals surface area contributed by atoms with Crippen LogP contribution in [0.3, 0.4) is 0 Å². The number of anilines is 1. The number of nitro groups is 1. The number of rotatable bonds is 4. The average Bonchev–Trinajstić information content (AvgIpc) is 2.60. The van der Waals surface area contributed by atoms with Crippen molar-refractivity contribution in [2.75, 3.05) is 5.32 Å². The molecule has 0 bridgehead atoms. The Morgan fingerprint density at radius 3 is 2.52 bits per heavy atom. The van der Waals surface area contributed by atoms with Crippen LogP contribution in [0.25, 0.3) is 6.08 Å². The molecular formula is C17H9BrF3N3O3. The number of hydrogen-bond acceptors (Lipinski definition) is 4. The van der Waals surface area contributed by atoms with Crippen molar-refractivity contribution < 1.29 is 22.9 Å². The van der Waals surface area contributed by atoms with Crippen LogP contribution in [0.5, 0.6) is 0 Å². The van der Waals surface area contributed by atoms with Crippen molar-refractivity contribution in [1.29, 1.82) is 5.26 Å². The molecule has 10 heteroatoms. The molecule has 138 valence electrons. The van der Waals surface area contributed by atoms with Crippen molar-refractivity contribution in [2.24, 2.45) is 0 Å². The lowest BCUT2D eigenvalue weighted by atomic mass is 10.1. The summed E-state index contributed by atoms with van der Waals surface area (Å²) in [6.45, 7) is 0. The fourth-order valence-electron chi connectivity index (χ4n) is 2.03. The van der Waals surface area contributed by atoms with Gasteiger partial charge in [0.2, 0.25) is 0 Å². The number of hydrogen-bond donors (Lipinski definition) is 1. The Bertz CT molecular complexity index is 981.